The molecule has 5 nitrogen and oxygen atoms in total. The van der Waals surface area contributed by atoms with E-state index in [2.05, 4.69) is 21.2 Å². The van der Waals surface area contributed by atoms with Crippen LogP contribution >= 0.6 is 38.2 Å². The number of hydrogen-bond acceptors (Lipinski definition) is 4. The number of rotatable bonds is 6. The minimum absolute atomic E-state index is 0.0543. The Labute approximate surface area is 140 Å². The highest BCUT2D eigenvalue weighted by molar-refractivity contribution is 9.10. The van der Waals surface area contributed by atoms with Crippen LogP contribution in [-0.2, 0) is 13.8 Å². The Morgan fingerprint density at radius 1 is 1.43 bits per heavy atom. The highest BCUT2D eigenvalue weighted by Crippen LogP contribution is 2.37. The Balaban J connectivity index is 2.09. The van der Waals surface area contributed by atoms with Gasteiger partial charge in [0, 0.05) is 21.7 Å². The van der Waals surface area contributed by atoms with Gasteiger partial charge in [-0.15, -0.1) is 0 Å². The minimum Gasteiger partial charge on any atom is -0.481 e. The van der Waals surface area contributed by atoms with Crippen LogP contribution in [0.2, 0.25) is 5.02 Å². The molecule has 1 aromatic rings. The zero-order valence-electron chi connectivity index (χ0n) is 10.7. The van der Waals surface area contributed by atoms with Crippen LogP contribution < -0.4 is 10.1 Å². The number of halogens is 3. The standard InChI is InChI=1S/C12H12BrCl2NO4S/c13-8-3-9(14)12(10(4-8)21(15,18)19)20-6-11(17)16-5-7-1-2-7/h3-4,7H,1-2,5-6H2,(H,16,17). The van der Waals surface area contributed by atoms with Gasteiger partial charge in [0.15, 0.2) is 12.4 Å². The van der Waals surface area contributed by atoms with E-state index in [4.69, 9.17) is 27.0 Å². The van der Waals surface area contributed by atoms with E-state index in [0.29, 0.717) is 16.9 Å². The summed E-state index contributed by atoms with van der Waals surface area (Å²) in [5, 5.41) is 2.76. The van der Waals surface area contributed by atoms with Crippen molar-refractivity contribution < 1.29 is 17.9 Å². The zero-order chi connectivity index (χ0) is 15.6. The van der Waals surface area contributed by atoms with Gasteiger partial charge < -0.3 is 10.1 Å². The summed E-state index contributed by atoms with van der Waals surface area (Å²) in [7, 11) is 1.31. The lowest BCUT2D eigenvalue weighted by Gasteiger charge is -2.12. The predicted molar refractivity (Wildman–Crippen MR) is 83.4 cm³/mol. The first-order valence-electron chi connectivity index (χ1n) is 6.10. The van der Waals surface area contributed by atoms with E-state index < -0.39 is 9.05 Å². The molecular formula is C12H12BrCl2NO4S. The average molecular weight is 417 g/mol. The molecule has 21 heavy (non-hydrogen) atoms. The number of carbonyl (C=O) groups is 1. The topological polar surface area (TPSA) is 72.5 Å². The van der Waals surface area contributed by atoms with Gasteiger partial charge in [-0.25, -0.2) is 8.42 Å². The second kappa shape index (κ2) is 6.73. The number of ether oxygens (including phenoxy) is 1. The van der Waals surface area contributed by atoms with E-state index in [1.165, 1.54) is 12.1 Å². The minimum atomic E-state index is -4.04. The Morgan fingerprint density at radius 3 is 2.67 bits per heavy atom. The van der Waals surface area contributed by atoms with Crippen LogP contribution in [-0.4, -0.2) is 27.5 Å². The predicted octanol–water partition coefficient (Wildman–Crippen LogP) is 2.94. The van der Waals surface area contributed by atoms with E-state index in [1.807, 2.05) is 0 Å². The molecule has 1 amide bonds. The van der Waals surface area contributed by atoms with Gasteiger partial charge in [0.25, 0.3) is 15.0 Å². The Morgan fingerprint density at radius 2 is 2.10 bits per heavy atom. The van der Waals surface area contributed by atoms with Gasteiger partial charge in [-0.3, -0.25) is 4.79 Å². The molecule has 2 rings (SSSR count). The summed E-state index contributed by atoms with van der Waals surface area (Å²) < 4.78 is 28.7. The van der Waals surface area contributed by atoms with Crippen LogP contribution in [0.5, 0.6) is 5.75 Å². The summed E-state index contributed by atoms with van der Waals surface area (Å²) in [4.78, 5) is 11.3. The molecule has 0 bridgehead atoms. The first kappa shape index (κ1) is 16.9. The average Bonchev–Trinajstić information content (AvgIpc) is 3.17. The normalized spacial score (nSPS) is 14.8. The molecule has 0 saturated heterocycles. The van der Waals surface area contributed by atoms with Crippen molar-refractivity contribution in [3.63, 3.8) is 0 Å². The van der Waals surface area contributed by atoms with Gasteiger partial charge in [-0.1, -0.05) is 27.5 Å². The molecule has 0 unspecified atom stereocenters. The first-order valence-corrected chi connectivity index (χ1v) is 9.58. The molecule has 1 aliphatic carbocycles. The quantitative estimate of drug-likeness (QED) is 0.723. The molecule has 0 aliphatic heterocycles. The number of benzene rings is 1. The van der Waals surface area contributed by atoms with E-state index in [-0.39, 0.29) is 28.2 Å². The van der Waals surface area contributed by atoms with Crippen molar-refractivity contribution >= 4 is 53.2 Å². The summed E-state index contributed by atoms with van der Waals surface area (Å²) in [5.74, 6) is 0.0826. The smallest absolute Gasteiger partial charge is 0.265 e. The summed E-state index contributed by atoms with van der Waals surface area (Å²) >= 11 is 9.08. The molecule has 0 heterocycles. The molecule has 116 valence electrons. The van der Waals surface area contributed by atoms with Gasteiger partial charge in [0.05, 0.1) is 5.02 Å². The molecule has 0 atom stereocenters. The number of amides is 1. The molecule has 1 saturated carbocycles. The second-order valence-electron chi connectivity index (χ2n) is 4.69. The highest BCUT2D eigenvalue weighted by atomic mass is 79.9. The van der Waals surface area contributed by atoms with Crippen LogP contribution in [0.15, 0.2) is 21.5 Å². The van der Waals surface area contributed by atoms with Gasteiger partial charge in [0.2, 0.25) is 0 Å². The van der Waals surface area contributed by atoms with Gasteiger partial charge in [-0.05, 0) is 30.9 Å². The summed E-state index contributed by atoms with van der Waals surface area (Å²) in [6.07, 6.45) is 2.24. The van der Waals surface area contributed by atoms with Crippen LogP contribution in [0.1, 0.15) is 12.8 Å². The largest absolute Gasteiger partial charge is 0.481 e. The fraction of sp³-hybridized carbons (Fsp3) is 0.417. The van der Waals surface area contributed by atoms with Crippen molar-refractivity contribution in [1.82, 2.24) is 5.32 Å². The third-order valence-electron chi connectivity index (χ3n) is 2.87. The second-order valence-corrected chi connectivity index (χ2v) is 8.55. The maximum Gasteiger partial charge on any atom is 0.265 e. The molecule has 0 spiro atoms. The van der Waals surface area contributed by atoms with Crippen molar-refractivity contribution in [2.45, 2.75) is 17.7 Å². The number of carbonyl (C=O) groups excluding carboxylic acids is 1. The van der Waals surface area contributed by atoms with Crippen LogP contribution in [0.25, 0.3) is 0 Å². The lowest BCUT2D eigenvalue weighted by Crippen LogP contribution is -2.30. The molecule has 0 radical (unpaired) electrons. The molecule has 1 fully saturated rings. The van der Waals surface area contributed by atoms with E-state index >= 15 is 0 Å². The maximum atomic E-state index is 11.6. The van der Waals surface area contributed by atoms with E-state index in [9.17, 15) is 13.2 Å². The molecular weight excluding hydrogens is 405 g/mol. The van der Waals surface area contributed by atoms with Crippen LogP contribution in [0.4, 0.5) is 0 Å². The summed E-state index contributed by atoms with van der Waals surface area (Å²) in [6, 6.07) is 2.73. The van der Waals surface area contributed by atoms with Crippen molar-refractivity contribution in [2.75, 3.05) is 13.2 Å². The van der Waals surface area contributed by atoms with E-state index in [0.717, 1.165) is 12.8 Å². The summed E-state index contributed by atoms with van der Waals surface area (Å²) in [5.41, 5.74) is 0. The number of nitrogens with one attached hydrogen (secondary N) is 1. The van der Waals surface area contributed by atoms with Gasteiger partial charge in [0.1, 0.15) is 4.90 Å². The van der Waals surface area contributed by atoms with Crippen LogP contribution in [0.3, 0.4) is 0 Å². The Bertz CT molecular complexity index is 661. The number of hydrogen-bond donors (Lipinski definition) is 1. The highest BCUT2D eigenvalue weighted by Gasteiger charge is 2.23. The molecule has 9 heteroatoms. The van der Waals surface area contributed by atoms with E-state index in [1.54, 1.807) is 0 Å². The monoisotopic (exact) mass is 415 g/mol. The summed E-state index contributed by atoms with van der Waals surface area (Å²) in [6.45, 7) is 0.282. The maximum absolute atomic E-state index is 11.6. The molecule has 1 N–H and O–H groups in total. The van der Waals surface area contributed by atoms with Crippen molar-refractivity contribution in [3.8, 4) is 5.75 Å². The third kappa shape index (κ3) is 5.02. The third-order valence-corrected chi connectivity index (χ3v) is 4.94. The fourth-order valence-corrected chi connectivity index (χ4v) is 3.70. The molecule has 0 aromatic heterocycles. The first-order chi connectivity index (χ1) is 9.77. The van der Waals surface area contributed by atoms with Gasteiger partial charge in [-0.2, -0.15) is 0 Å². The van der Waals surface area contributed by atoms with Crippen LogP contribution in [0, 0.1) is 5.92 Å². The Kier molecular flexibility index (Phi) is 5.40. The van der Waals surface area contributed by atoms with Crippen molar-refractivity contribution in [1.29, 1.82) is 0 Å². The lowest BCUT2D eigenvalue weighted by atomic mass is 10.3. The zero-order valence-corrected chi connectivity index (χ0v) is 14.6. The van der Waals surface area contributed by atoms with Crippen molar-refractivity contribution in [2.24, 2.45) is 5.92 Å². The molecule has 1 aromatic carbocycles. The molecule has 1 aliphatic rings. The lowest BCUT2D eigenvalue weighted by molar-refractivity contribution is -0.123. The van der Waals surface area contributed by atoms with Crippen molar-refractivity contribution in [3.05, 3.63) is 21.6 Å². The fourth-order valence-electron chi connectivity index (χ4n) is 1.63. The van der Waals surface area contributed by atoms with Gasteiger partial charge >= 0.3 is 0 Å². The SMILES string of the molecule is O=C(COc1c(Cl)cc(Br)cc1S(=O)(=O)Cl)NCC1CC1. The Hall–Kier alpha value is -0.500.